The molecule has 1 aromatic carbocycles. The molecule has 172 valence electrons. The Morgan fingerprint density at radius 3 is 2.78 bits per heavy atom. The summed E-state index contributed by atoms with van der Waals surface area (Å²) in [4.78, 5) is 33.2. The summed E-state index contributed by atoms with van der Waals surface area (Å²) in [5.74, 6) is 0.244. The average Bonchev–Trinajstić information content (AvgIpc) is 3.09. The normalized spacial score (nSPS) is 28.0. The van der Waals surface area contributed by atoms with E-state index in [-0.39, 0.29) is 24.7 Å². The minimum Gasteiger partial charge on any atom is -0.450 e. The molecule has 1 aliphatic carbocycles. The Labute approximate surface area is 189 Å². The summed E-state index contributed by atoms with van der Waals surface area (Å²) in [5.41, 5.74) is 1.39. The maximum atomic E-state index is 13.5. The SMILES string of the molecule is [C-]#[N+]c1cc(NC(=O)OCC)ccc1N1CCC[C@]2(CCN([C@H]3CC[C@H](O)CC3)C2=O)C1. The fourth-order valence-electron chi connectivity index (χ4n) is 5.53. The third kappa shape index (κ3) is 4.40. The van der Waals surface area contributed by atoms with Gasteiger partial charge in [-0.3, -0.25) is 10.1 Å². The Morgan fingerprint density at radius 2 is 2.06 bits per heavy atom. The van der Waals surface area contributed by atoms with Crippen LogP contribution in [0.2, 0.25) is 0 Å². The molecule has 0 bridgehead atoms. The van der Waals surface area contributed by atoms with Gasteiger partial charge in [-0.25, -0.2) is 9.64 Å². The van der Waals surface area contributed by atoms with Crippen molar-refractivity contribution in [3.8, 4) is 0 Å². The number of hydrogen-bond donors (Lipinski definition) is 2. The van der Waals surface area contributed by atoms with Crippen molar-refractivity contribution in [3.63, 3.8) is 0 Å². The summed E-state index contributed by atoms with van der Waals surface area (Å²) in [5, 5.41) is 12.5. The molecule has 2 N–H and O–H groups in total. The van der Waals surface area contributed by atoms with Crippen molar-refractivity contribution in [1.29, 1.82) is 0 Å². The average molecular weight is 441 g/mol. The van der Waals surface area contributed by atoms with Gasteiger partial charge in [0.1, 0.15) is 0 Å². The number of ether oxygens (including phenoxy) is 1. The van der Waals surface area contributed by atoms with Crippen LogP contribution in [0.25, 0.3) is 4.85 Å². The third-order valence-corrected chi connectivity index (χ3v) is 7.19. The molecule has 32 heavy (non-hydrogen) atoms. The van der Waals surface area contributed by atoms with Gasteiger partial charge in [0.05, 0.1) is 24.7 Å². The predicted octanol–water partition coefficient (Wildman–Crippen LogP) is 3.93. The van der Waals surface area contributed by atoms with E-state index in [0.717, 1.165) is 63.7 Å². The topological polar surface area (TPSA) is 86.5 Å². The van der Waals surface area contributed by atoms with Crippen LogP contribution in [0, 0.1) is 12.0 Å². The molecule has 3 aliphatic rings. The van der Waals surface area contributed by atoms with Crippen LogP contribution in [0.1, 0.15) is 51.9 Å². The first-order chi connectivity index (χ1) is 15.5. The standard InChI is InChI=1S/C24H32N4O4/c1-3-32-23(31)26-17-5-10-21(20(15-17)25-2)27-13-4-11-24(16-27)12-14-28(22(24)30)18-6-8-19(29)9-7-18/h5,10,15,18-19,29H,3-4,6-9,11-14,16H2,1H3,(H,26,31)/t18-,19-,24-/m0/s1. The van der Waals surface area contributed by atoms with Gasteiger partial charge in [0.25, 0.3) is 0 Å². The maximum Gasteiger partial charge on any atom is 0.411 e. The zero-order valence-corrected chi connectivity index (χ0v) is 18.7. The highest BCUT2D eigenvalue weighted by Gasteiger charge is 2.50. The molecule has 0 aromatic heterocycles. The number of piperidine rings is 1. The molecule has 2 aliphatic heterocycles. The number of likely N-dealkylation sites (tertiary alicyclic amines) is 1. The summed E-state index contributed by atoms with van der Waals surface area (Å²) in [6, 6.07) is 5.54. The number of anilines is 2. The van der Waals surface area contributed by atoms with E-state index in [4.69, 9.17) is 11.3 Å². The van der Waals surface area contributed by atoms with Gasteiger partial charge in [0.2, 0.25) is 11.6 Å². The number of nitrogens with one attached hydrogen (secondary N) is 1. The zero-order valence-electron chi connectivity index (χ0n) is 18.7. The summed E-state index contributed by atoms with van der Waals surface area (Å²) in [6.45, 7) is 11.9. The Hall–Kier alpha value is -2.79. The van der Waals surface area contributed by atoms with Crippen LogP contribution in [0.15, 0.2) is 18.2 Å². The first-order valence-electron chi connectivity index (χ1n) is 11.6. The first-order valence-corrected chi connectivity index (χ1v) is 11.6. The number of aliphatic hydroxyl groups is 1. The monoisotopic (exact) mass is 440 g/mol. The van der Waals surface area contributed by atoms with E-state index < -0.39 is 11.5 Å². The van der Waals surface area contributed by atoms with Gasteiger partial charge >= 0.3 is 6.09 Å². The van der Waals surface area contributed by atoms with Crippen molar-refractivity contribution in [3.05, 3.63) is 29.6 Å². The highest BCUT2D eigenvalue weighted by Crippen LogP contribution is 2.45. The molecule has 8 nitrogen and oxygen atoms in total. The van der Waals surface area contributed by atoms with Gasteiger partial charge in [-0.2, -0.15) is 0 Å². The number of benzene rings is 1. The minimum atomic E-state index is -0.542. The molecule has 3 fully saturated rings. The third-order valence-electron chi connectivity index (χ3n) is 7.19. The Balaban J connectivity index is 1.49. The van der Waals surface area contributed by atoms with E-state index >= 15 is 0 Å². The van der Waals surface area contributed by atoms with Gasteiger partial charge in [-0.05, 0) is 70.1 Å². The molecule has 2 saturated heterocycles. The van der Waals surface area contributed by atoms with Crippen molar-refractivity contribution < 1.29 is 19.4 Å². The number of amides is 2. The Kier molecular flexibility index (Phi) is 6.56. The second kappa shape index (κ2) is 9.37. The van der Waals surface area contributed by atoms with Crippen molar-refractivity contribution in [2.75, 3.05) is 36.5 Å². The lowest BCUT2D eigenvalue weighted by atomic mass is 9.78. The quantitative estimate of drug-likeness (QED) is 0.693. The molecule has 1 saturated carbocycles. The van der Waals surface area contributed by atoms with Gasteiger partial charge in [0.15, 0.2) is 0 Å². The Morgan fingerprint density at radius 1 is 1.28 bits per heavy atom. The molecule has 2 heterocycles. The highest BCUT2D eigenvalue weighted by molar-refractivity contribution is 5.89. The maximum absolute atomic E-state index is 13.5. The molecule has 0 unspecified atom stereocenters. The fraction of sp³-hybridized carbons (Fsp3) is 0.625. The summed E-state index contributed by atoms with van der Waals surface area (Å²) >= 11 is 0. The minimum absolute atomic E-state index is 0.226. The molecule has 4 rings (SSSR count). The molecule has 1 aromatic rings. The van der Waals surface area contributed by atoms with Crippen molar-refractivity contribution in [1.82, 2.24) is 4.90 Å². The van der Waals surface area contributed by atoms with Crippen LogP contribution in [0.3, 0.4) is 0 Å². The largest absolute Gasteiger partial charge is 0.450 e. The summed E-state index contributed by atoms with van der Waals surface area (Å²) in [7, 11) is 0. The molecule has 8 heteroatoms. The van der Waals surface area contributed by atoms with Crippen molar-refractivity contribution >= 4 is 29.1 Å². The summed E-state index contributed by atoms with van der Waals surface area (Å²) in [6.07, 6.45) is 5.16. The van der Waals surface area contributed by atoms with E-state index in [0.29, 0.717) is 17.9 Å². The van der Waals surface area contributed by atoms with Crippen LogP contribution < -0.4 is 10.2 Å². The molecule has 2 amide bonds. The molecule has 1 atom stereocenters. The number of hydrogen-bond acceptors (Lipinski definition) is 5. The highest BCUT2D eigenvalue weighted by atomic mass is 16.5. The molecular weight excluding hydrogens is 408 g/mol. The first kappa shape index (κ1) is 22.4. The van der Waals surface area contributed by atoms with E-state index in [1.807, 2.05) is 6.07 Å². The van der Waals surface area contributed by atoms with E-state index in [2.05, 4.69) is 20.0 Å². The predicted molar refractivity (Wildman–Crippen MR) is 122 cm³/mol. The van der Waals surface area contributed by atoms with Crippen molar-refractivity contribution in [2.45, 2.75) is 64.0 Å². The lowest BCUT2D eigenvalue weighted by Gasteiger charge is -2.42. The molecular formula is C24H32N4O4. The van der Waals surface area contributed by atoms with E-state index in [1.165, 1.54) is 0 Å². The lowest BCUT2D eigenvalue weighted by Crippen LogP contribution is -2.50. The van der Waals surface area contributed by atoms with E-state index in [1.54, 1.807) is 19.1 Å². The number of carbonyl (C=O) groups is 2. The van der Waals surface area contributed by atoms with Gasteiger partial charge in [-0.1, -0.05) is 0 Å². The lowest BCUT2D eigenvalue weighted by molar-refractivity contribution is -0.139. The smallest absolute Gasteiger partial charge is 0.411 e. The van der Waals surface area contributed by atoms with E-state index in [9.17, 15) is 14.7 Å². The van der Waals surface area contributed by atoms with Crippen LogP contribution in [-0.2, 0) is 9.53 Å². The van der Waals surface area contributed by atoms with Crippen LogP contribution in [0.4, 0.5) is 21.9 Å². The number of carbonyl (C=O) groups excluding carboxylic acids is 2. The number of aliphatic hydroxyl groups excluding tert-OH is 1. The van der Waals surface area contributed by atoms with Gasteiger partial charge < -0.3 is 19.6 Å². The summed E-state index contributed by atoms with van der Waals surface area (Å²) < 4.78 is 4.91. The van der Waals surface area contributed by atoms with Crippen LogP contribution in [0.5, 0.6) is 0 Å². The number of nitrogens with zero attached hydrogens (tertiary/aromatic N) is 3. The Bertz CT molecular complexity index is 906. The molecule has 0 radical (unpaired) electrons. The number of rotatable bonds is 4. The van der Waals surface area contributed by atoms with Gasteiger partial charge in [0, 0.05) is 37.1 Å². The molecule has 1 spiro atoms. The second-order valence-electron chi connectivity index (χ2n) is 9.18. The van der Waals surface area contributed by atoms with Gasteiger partial charge in [-0.15, -0.1) is 0 Å². The van der Waals surface area contributed by atoms with Crippen molar-refractivity contribution in [2.24, 2.45) is 5.41 Å². The van der Waals surface area contributed by atoms with Crippen LogP contribution in [-0.4, -0.2) is 60.4 Å². The van der Waals surface area contributed by atoms with Crippen LogP contribution >= 0.6 is 0 Å². The second-order valence-corrected chi connectivity index (χ2v) is 9.18. The fourth-order valence-corrected chi connectivity index (χ4v) is 5.53. The zero-order chi connectivity index (χ0) is 22.7.